The van der Waals surface area contributed by atoms with Crippen molar-refractivity contribution in [2.24, 2.45) is 11.8 Å². The Labute approximate surface area is 89.9 Å². The molecule has 0 aromatic heterocycles. The van der Waals surface area contributed by atoms with Gasteiger partial charge in [0.1, 0.15) is 0 Å². The van der Waals surface area contributed by atoms with Gasteiger partial charge in [-0.05, 0) is 51.5 Å². The van der Waals surface area contributed by atoms with E-state index in [4.69, 9.17) is 0 Å². The van der Waals surface area contributed by atoms with Gasteiger partial charge in [0.25, 0.3) is 0 Å². The minimum Gasteiger partial charge on any atom is -0.298 e. The van der Waals surface area contributed by atoms with E-state index in [0.29, 0.717) is 0 Å². The molecule has 1 heteroatoms. The van der Waals surface area contributed by atoms with Crippen molar-refractivity contribution in [3.8, 4) is 0 Å². The molecule has 84 valence electrons. The summed E-state index contributed by atoms with van der Waals surface area (Å²) in [6.45, 7) is 13.1. The van der Waals surface area contributed by atoms with Crippen LogP contribution in [-0.2, 0) is 0 Å². The molecule has 1 aliphatic heterocycles. The molecule has 0 spiro atoms. The minimum atomic E-state index is 0.730. The van der Waals surface area contributed by atoms with E-state index in [1.165, 1.54) is 25.8 Å². The number of rotatable bonds is 3. The second-order valence-corrected chi connectivity index (χ2v) is 5.42. The molecule has 0 amide bonds. The summed E-state index contributed by atoms with van der Waals surface area (Å²) in [6.07, 6.45) is 4.15. The lowest BCUT2D eigenvalue weighted by Gasteiger charge is -2.42. The highest BCUT2D eigenvalue weighted by Crippen LogP contribution is 2.30. The van der Waals surface area contributed by atoms with E-state index < -0.39 is 0 Å². The number of nitrogens with zero attached hydrogens (tertiary/aromatic N) is 1. The normalized spacial score (nSPS) is 30.2. The molecule has 1 rings (SSSR count). The average Bonchev–Trinajstić information content (AvgIpc) is 2.16. The predicted octanol–water partition coefficient (Wildman–Crippen LogP) is 3.54. The molecule has 1 fully saturated rings. The van der Waals surface area contributed by atoms with Crippen LogP contribution in [0.1, 0.15) is 53.9 Å². The van der Waals surface area contributed by atoms with Gasteiger partial charge in [-0.2, -0.15) is 0 Å². The van der Waals surface area contributed by atoms with Gasteiger partial charge in [0.2, 0.25) is 0 Å². The average molecular weight is 197 g/mol. The van der Waals surface area contributed by atoms with Crippen LogP contribution in [0.2, 0.25) is 0 Å². The maximum Gasteiger partial charge on any atom is 0.00980 e. The molecule has 1 heterocycles. The summed E-state index contributed by atoms with van der Waals surface area (Å²) >= 11 is 0. The van der Waals surface area contributed by atoms with Crippen molar-refractivity contribution in [3.05, 3.63) is 0 Å². The lowest BCUT2D eigenvalue weighted by atomic mass is 9.82. The van der Waals surface area contributed by atoms with Gasteiger partial charge in [0, 0.05) is 12.1 Å². The molecule has 1 saturated heterocycles. The minimum absolute atomic E-state index is 0.730. The van der Waals surface area contributed by atoms with Gasteiger partial charge in [-0.1, -0.05) is 20.8 Å². The highest BCUT2D eigenvalue weighted by atomic mass is 15.2. The first-order valence-electron chi connectivity index (χ1n) is 6.32. The fourth-order valence-corrected chi connectivity index (χ4v) is 2.79. The van der Waals surface area contributed by atoms with Crippen molar-refractivity contribution in [2.75, 3.05) is 6.54 Å². The summed E-state index contributed by atoms with van der Waals surface area (Å²) < 4.78 is 0. The lowest BCUT2D eigenvalue weighted by Crippen LogP contribution is -2.46. The zero-order valence-electron chi connectivity index (χ0n) is 10.6. The van der Waals surface area contributed by atoms with E-state index in [2.05, 4.69) is 39.5 Å². The predicted molar refractivity (Wildman–Crippen MR) is 63.5 cm³/mol. The van der Waals surface area contributed by atoms with Crippen LogP contribution in [-0.4, -0.2) is 23.5 Å². The van der Waals surface area contributed by atoms with Gasteiger partial charge >= 0.3 is 0 Å². The van der Waals surface area contributed by atoms with Crippen LogP contribution >= 0.6 is 0 Å². The fraction of sp³-hybridized carbons (Fsp3) is 1.00. The molecule has 0 unspecified atom stereocenters. The Morgan fingerprint density at radius 2 is 1.86 bits per heavy atom. The molecule has 0 bridgehead atoms. The first-order chi connectivity index (χ1) is 6.56. The molecule has 0 saturated carbocycles. The Morgan fingerprint density at radius 3 is 2.29 bits per heavy atom. The van der Waals surface area contributed by atoms with E-state index >= 15 is 0 Å². The third kappa shape index (κ3) is 2.73. The van der Waals surface area contributed by atoms with Crippen LogP contribution in [0.15, 0.2) is 0 Å². The lowest BCUT2D eigenvalue weighted by molar-refractivity contribution is 0.0642. The summed E-state index contributed by atoms with van der Waals surface area (Å²) in [5.41, 5.74) is 0. The molecule has 0 aromatic rings. The van der Waals surface area contributed by atoms with Crippen LogP contribution in [0, 0.1) is 11.8 Å². The van der Waals surface area contributed by atoms with Crippen molar-refractivity contribution in [1.82, 2.24) is 4.90 Å². The Morgan fingerprint density at radius 1 is 1.21 bits per heavy atom. The Kier molecular flexibility index (Phi) is 4.43. The van der Waals surface area contributed by atoms with E-state index in [-0.39, 0.29) is 0 Å². The largest absolute Gasteiger partial charge is 0.298 e. The molecular formula is C13H27N. The molecule has 1 aliphatic rings. The highest BCUT2D eigenvalue weighted by Gasteiger charge is 2.29. The smallest absolute Gasteiger partial charge is 0.00980 e. The number of hydrogen-bond donors (Lipinski definition) is 0. The van der Waals surface area contributed by atoms with E-state index in [1.54, 1.807) is 0 Å². The molecular weight excluding hydrogens is 170 g/mol. The van der Waals surface area contributed by atoms with E-state index in [1.807, 2.05) is 0 Å². The second kappa shape index (κ2) is 5.16. The molecule has 1 nitrogen and oxygen atoms in total. The molecule has 0 N–H and O–H groups in total. The zero-order valence-corrected chi connectivity index (χ0v) is 10.6. The third-order valence-corrected chi connectivity index (χ3v) is 3.88. The van der Waals surface area contributed by atoms with Gasteiger partial charge in [-0.25, -0.2) is 0 Å². The maximum absolute atomic E-state index is 2.69. The van der Waals surface area contributed by atoms with Crippen LogP contribution in [0.3, 0.4) is 0 Å². The monoisotopic (exact) mass is 197 g/mol. The maximum atomic E-state index is 2.69. The van der Waals surface area contributed by atoms with Crippen molar-refractivity contribution < 1.29 is 0 Å². The SMILES string of the molecule is CC[C@@H]1C[C@H](C(C)C)CCN1C(C)C. The molecule has 14 heavy (non-hydrogen) atoms. The number of likely N-dealkylation sites (tertiary alicyclic amines) is 1. The van der Waals surface area contributed by atoms with Crippen molar-refractivity contribution >= 4 is 0 Å². The summed E-state index contributed by atoms with van der Waals surface area (Å²) in [7, 11) is 0. The van der Waals surface area contributed by atoms with Crippen molar-refractivity contribution in [2.45, 2.75) is 66.0 Å². The quantitative estimate of drug-likeness (QED) is 0.669. The van der Waals surface area contributed by atoms with Gasteiger partial charge < -0.3 is 0 Å². The van der Waals surface area contributed by atoms with Gasteiger partial charge in [-0.3, -0.25) is 4.90 Å². The van der Waals surface area contributed by atoms with Gasteiger partial charge in [-0.15, -0.1) is 0 Å². The van der Waals surface area contributed by atoms with Crippen molar-refractivity contribution in [1.29, 1.82) is 0 Å². The number of piperidine rings is 1. The van der Waals surface area contributed by atoms with Gasteiger partial charge in [0.15, 0.2) is 0 Å². The van der Waals surface area contributed by atoms with Crippen molar-refractivity contribution in [3.63, 3.8) is 0 Å². The fourth-order valence-electron chi connectivity index (χ4n) is 2.79. The first-order valence-corrected chi connectivity index (χ1v) is 6.32. The van der Waals surface area contributed by atoms with Gasteiger partial charge in [0.05, 0.1) is 0 Å². The standard InChI is InChI=1S/C13H27N/c1-6-13-9-12(10(2)3)7-8-14(13)11(4)5/h10-13H,6-9H2,1-5H3/t12-,13-/m1/s1. The van der Waals surface area contributed by atoms with E-state index in [9.17, 15) is 0 Å². The summed E-state index contributed by atoms with van der Waals surface area (Å²) in [5, 5.41) is 0. The second-order valence-electron chi connectivity index (χ2n) is 5.42. The van der Waals surface area contributed by atoms with E-state index in [0.717, 1.165) is 23.9 Å². The summed E-state index contributed by atoms with van der Waals surface area (Å²) in [5.74, 6) is 1.84. The molecule has 2 atom stereocenters. The molecule has 0 aliphatic carbocycles. The zero-order chi connectivity index (χ0) is 10.7. The molecule has 0 aromatic carbocycles. The highest BCUT2D eigenvalue weighted by molar-refractivity contribution is 4.83. The first kappa shape index (κ1) is 12.0. The Balaban J connectivity index is 2.54. The molecule has 0 radical (unpaired) electrons. The van der Waals surface area contributed by atoms with Crippen LogP contribution < -0.4 is 0 Å². The topological polar surface area (TPSA) is 3.24 Å². The number of hydrogen-bond acceptors (Lipinski definition) is 1. The summed E-state index contributed by atoms with van der Waals surface area (Å²) in [6, 6.07) is 1.57. The Hall–Kier alpha value is -0.0400. The Bertz CT molecular complexity index is 163. The summed E-state index contributed by atoms with van der Waals surface area (Å²) in [4.78, 5) is 2.69. The van der Waals surface area contributed by atoms with Crippen LogP contribution in [0.4, 0.5) is 0 Å². The third-order valence-electron chi connectivity index (χ3n) is 3.88. The van der Waals surface area contributed by atoms with Crippen LogP contribution in [0.25, 0.3) is 0 Å². The van der Waals surface area contributed by atoms with Crippen LogP contribution in [0.5, 0.6) is 0 Å².